The van der Waals surface area contributed by atoms with Crippen molar-refractivity contribution < 1.29 is 25.2 Å². The van der Waals surface area contributed by atoms with E-state index in [4.69, 9.17) is 9.84 Å². The standard InChI is InChI=1S/C11H17N5O5S/c1-12-10-14-8-7(11(20,22)15-10)13-3-16(8)9-6(19)5(18)4(2-17)21-9/h3-6,9,17-20,22H,2H2,1H3,(H2,12,14,15)/t4-,5-,6-,9-,11?/m1/s1. The highest BCUT2D eigenvalue weighted by atomic mass is 32.1. The molecule has 11 heteroatoms. The Hall–Kier alpha value is -1.37. The molecular formula is C11H17N5O5S. The SMILES string of the molecule is CN=C1Nc2c(ncn2[C@@H]2O[C@H](CO)[C@@H](O)[C@H]2O)C(O)(S)N1. The molecule has 1 aromatic rings. The van der Waals surface area contributed by atoms with Crippen LogP contribution in [-0.2, 0) is 9.79 Å². The molecule has 6 N–H and O–H groups in total. The maximum absolute atomic E-state index is 10.3. The van der Waals surface area contributed by atoms with Gasteiger partial charge in [-0.05, 0) is 0 Å². The van der Waals surface area contributed by atoms with E-state index in [2.05, 4.69) is 33.2 Å². The molecule has 3 rings (SSSR count). The van der Waals surface area contributed by atoms with Gasteiger partial charge in [-0.3, -0.25) is 9.56 Å². The summed E-state index contributed by atoms with van der Waals surface area (Å²) in [5.41, 5.74) is 0.168. The van der Waals surface area contributed by atoms with Gasteiger partial charge in [0.2, 0.25) is 5.06 Å². The highest BCUT2D eigenvalue weighted by molar-refractivity contribution is 7.81. The smallest absolute Gasteiger partial charge is 0.232 e. The predicted molar refractivity (Wildman–Crippen MR) is 78.2 cm³/mol. The number of guanidine groups is 1. The van der Waals surface area contributed by atoms with Crippen LogP contribution in [0.4, 0.5) is 5.82 Å². The van der Waals surface area contributed by atoms with Crippen LogP contribution in [-0.4, -0.2) is 67.9 Å². The number of hydrogen-bond donors (Lipinski definition) is 7. The number of aliphatic imine (C=N–C) groups is 1. The Morgan fingerprint density at radius 2 is 2.23 bits per heavy atom. The summed E-state index contributed by atoms with van der Waals surface area (Å²) in [5.74, 6) is 0.560. The molecule has 122 valence electrons. The van der Waals surface area contributed by atoms with Crippen molar-refractivity contribution in [2.75, 3.05) is 19.0 Å². The highest BCUT2D eigenvalue weighted by Crippen LogP contribution is 2.37. The van der Waals surface area contributed by atoms with Crippen molar-refractivity contribution >= 4 is 24.4 Å². The zero-order valence-electron chi connectivity index (χ0n) is 11.6. The topological polar surface area (TPSA) is 144 Å². The second-order valence-corrected chi connectivity index (χ2v) is 5.72. The van der Waals surface area contributed by atoms with Crippen LogP contribution in [0.15, 0.2) is 11.3 Å². The molecule has 22 heavy (non-hydrogen) atoms. The molecular weight excluding hydrogens is 314 g/mol. The number of thiol groups is 1. The number of nitrogens with one attached hydrogen (secondary N) is 2. The van der Waals surface area contributed by atoms with E-state index in [1.165, 1.54) is 17.9 Å². The first-order valence-corrected chi connectivity index (χ1v) is 7.00. The maximum Gasteiger partial charge on any atom is 0.232 e. The summed E-state index contributed by atoms with van der Waals surface area (Å²) in [7, 11) is 1.51. The maximum atomic E-state index is 10.3. The van der Waals surface area contributed by atoms with Crippen molar-refractivity contribution in [2.24, 2.45) is 4.99 Å². The minimum atomic E-state index is -1.75. The van der Waals surface area contributed by atoms with Gasteiger partial charge in [-0.25, -0.2) is 4.98 Å². The second-order valence-electron chi connectivity index (χ2n) is 5.07. The lowest BCUT2D eigenvalue weighted by atomic mass is 10.1. The van der Waals surface area contributed by atoms with Gasteiger partial charge in [0, 0.05) is 7.05 Å². The van der Waals surface area contributed by atoms with E-state index in [0.717, 1.165) is 0 Å². The van der Waals surface area contributed by atoms with Crippen LogP contribution >= 0.6 is 12.6 Å². The Labute approximate surface area is 130 Å². The molecule has 10 nitrogen and oxygen atoms in total. The Bertz CT molecular complexity index is 606. The van der Waals surface area contributed by atoms with E-state index in [-0.39, 0.29) is 11.7 Å². The van der Waals surface area contributed by atoms with Crippen molar-refractivity contribution in [3.8, 4) is 0 Å². The van der Waals surface area contributed by atoms with E-state index in [1.807, 2.05) is 0 Å². The van der Waals surface area contributed by atoms with Crippen molar-refractivity contribution in [3.05, 3.63) is 12.0 Å². The first kappa shape index (κ1) is 15.5. The van der Waals surface area contributed by atoms with Gasteiger partial charge in [0.15, 0.2) is 12.2 Å². The fraction of sp³-hybridized carbons (Fsp3) is 0.636. The molecule has 3 heterocycles. The molecule has 0 radical (unpaired) electrons. The summed E-state index contributed by atoms with van der Waals surface area (Å²) in [5, 5.41) is 43.1. The molecule has 2 aliphatic heterocycles. The number of aliphatic hydroxyl groups excluding tert-OH is 3. The molecule has 1 aromatic heterocycles. The summed E-state index contributed by atoms with van der Waals surface area (Å²) < 4.78 is 6.86. The van der Waals surface area contributed by atoms with E-state index >= 15 is 0 Å². The second kappa shape index (κ2) is 5.37. The summed E-state index contributed by atoms with van der Waals surface area (Å²) >= 11 is 4.10. The lowest BCUT2D eigenvalue weighted by molar-refractivity contribution is -0.0519. The minimum absolute atomic E-state index is 0.168. The fourth-order valence-electron chi connectivity index (χ4n) is 2.52. The monoisotopic (exact) mass is 331 g/mol. The van der Waals surface area contributed by atoms with Crippen molar-refractivity contribution in [1.29, 1.82) is 0 Å². The summed E-state index contributed by atoms with van der Waals surface area (Å²) in [4.78, 5) is 7.96. The van der Waals surface area contributed by atoms with E-state index in [1.54, 1.807) is 0 Å². The van der Waals surface area contributed by atoms with Crippen LogP contribution in [0.1, 0.15) is 11.9 Å². The van der Waals surface area contributed by atoms with Crippen LogP contribution in [0.25, 0.3) is 0 Å². The molecule has 0 aliphatic carbocycles. The van der Waals surface area contributed by atoms with Crippen molar-refractivity contribution in [3.63, 3.8) is 0 Å². The number of rotatable bonds is 2. The third kappa shape index (κ3) is 2.26. The van der Waals surface area contributed by atoms with Crippen LogP contribution < -0.4 is 10.6 Å². The van der Waals surface area contributed by atoms with Crippen LogP contribution in [0.5, 0.6) is 0 Å². The predicted octanol–water partition coefficient (Wildman–Crippen LogP) is -2.47. The van der Waals surface area contributed by atoms with Gasteiger partial charge in [-0.15, -0.1) is 12.6 Å². The van der Waals surface area contributed by atoms with E-state index in [9.17, 15) is 15.3 Å². The largest absolute Gasteiger partial charge is 0.394 e. The van der Waals surface area contributed by atoms with Crippen LogP contribution in [0.3, 0.4) is 0 Å². The number of nitrogens with zero attached hydrogens (tertiary/aromatic N) is 3. The quantitative estimate of drug-likeness (QED) is 0.233. The van der Waals surface area contributed by atoms with Gasteiger partial charge in [-0.1, -0.05) is 0 Å². The molecule has 0 amide bonds. The summed E-state index contributed by atoms with van der Waals surface area (Å²) in [6.45, 7) is -0.432. The number of fused-ring (bicyclic) bond motifs is 1. The average molecular weight is 331 g/mol. The number of hydrogen-bond acceptors (Lipinski definition) is 8. The highest BCUT2D eigenvalue weighted by Gasteiger charge is 2.46. The van der Waals surface area contributed by atoms with Gasteiger partial charge >= 0.3 is 0 Å². The Morgan fingerprint density at radius 1 is 1.50 bits per heavy atom. The van der Waals surface area contributed by atoms with Crippen molar-refractivity contribution in [2.45, 2.75) is 29.6 Å². The molecule has 0 saturated carbocycles. The molecule has 0 bridgehead atoms. The summed E-state index contributed by atoms with van der Waals surface area (Å²) in [6.07, 6.45) is -3.05. The Morgan fingerprint density at radius 3 is 2.82 bits per heavy atom. The third-order valence-corrected chi connectivity index (χ3v) is 3.99. The van der Waals surface area contributed by atoms with Gasteiger partial charge in [0.05, 0.1) is 12.9 Å². The zero-order chi connectivity index (χ0) is 16.1. The normalized spacial score (nSPS) is 39.5. The summed E-state index contributed by atoms with van der Waals surface area (Å²) in [6, 6.07) is 0. The molecule has 0 aromatic carbocycles. The lowest BCUT2D eigenvalue weighted by Gasteiger charge is -2.31. The van der Waals surface area contributed by atoms with Crippen molar-refractivity contribution in [1.82, 2.24) is 14.9 Å². The van der Waals surface area contributed by atoms with Gasteiger partial charge in [0.25, 0.3) is 0 Å². The number of anilines is 1. The Kier molecular flexibility index (Phi) is 3.79. The molecule has 1 fully saturated rings. The van der Waals surface area contributed by atoms with Gasteiger partial charge < -0.3 is 35.8 Å². The molecule has 0 spiro atoms. The first-order chi connectivity index (χ1) is 10.4. The molecule has 1 saturated heterocycles. The fourth-order valence-corrected chi connectivity index (χ4v) is 2.79. The number of aliphatic hydroxyl groups is 4. The Balaban J connectivity index is 2.00. The average Bonchev–Trinajstić information content (AvgIpc) is 3.02. The minimum Gasteiger partial charge on any atom is -0.394 e. The lowest BCUT2D eigenvalue weighted by Crippen LogP contribution is -2.49. The van der Waals surface area contributed by atoms with E-state index in [0.29, 0.717) is 5.82 Å². The molecule has 1 unspecified atom stereocenters. The number of ether oxygens (including phenoxy) is 1. The number of imidazole rings is 1. The molecule has 2 aliphatic rings. The number of aromatic nitrogens is 2. The molecule has 5 atom stereocenters. The van der Waals surface area contributed by atoms with Crippen LogP contribution in [0, 0.1) is 0 Å². The van der Waals surface area contributed by atoms with Gasteiger partial charge in [-0.2, -0.15) is 0 Å². The van der Waals surface area contributed by atoms with E-state index < -0.39 is 36.2 Å². The zero-order valence-corrected chi connectivity index (χ0v) is 12.5. The van der Waals surface area contributed by atoms with Crippen LogP contribution in [0.2, 0.25) is 0 Å². The first-order valence-electron chi connectivity index (χ1n) is 6.55. The third-order valence-electron chi connectivity index (χ3n) is 3.67. The van der Waals surface area contributed by atoms with Gasteiger partial charge in [0.1, 0.15) is 29.8 Å².